The van der Waals surface area contributed by atoms with Gasteiger partial charge >= 0.3 is 0 Å². The van der Waals surface area contributed by atoms with Gasteiger partial charge in [-0.1, -0.05) is 30.3 Å². The molecule has 6 heteroatoms. The molecule has 110 valence electrons. The van der Waals surface area contributed by atoms with Crippen molar-refractivity contribution in [3.63, 3.8) is 0 Å². The van der Waals surface area contributed by atoms with Gasteiger partial charge in [-0.05, 0) is 31.5 Å². The summed E-state index contributed by atoms with van der Waals surface area (Å²) < 4.78 is 28.6. The molecule has 0 saturated carbocycles. The monoisotopic (exact) mass is 295 g/mol. The van der Waals surface area contributed by atoms with E-state index in [9.17, 15) is 8.42 Å². The van der Waals surface area contributed by atoms with E-state index in [1.807, 2.05) is 30.3 Å². The van der Waals surface area contributed by atoms with E-state index in [1.54, 1.807) is 8.61 Å². The first kappa shape index (κ1) is 14.0. The second-order valence-electron chi connectivity index (χ2n) is 5.42. The van der Waals surface area contributed by atoms with Gasteiger partial charge in [-0.2, -0.15) is 17.0 Å². The van der Waals surface area contributed by atoms with Crippen LogP contribution in [-0.2, 0) is 16.8 Å². The zero-order chi connectivity index (χ0) is 14.0. The van der Waals surface area contributed by atoms with Gasteiger partial charge in [0.25, 0.3) is 10.2 Å². The maximum atomic E-state index is 12.6. The number of hydrogen-bond donors (Lipinski definition) is 1. The largest absolute Gasteiger partial charge is 0.317 e. The van der Waals surface area contributed by atoms with E-state index in [-0.39, 0.29) is 6.04 Å². The minimum absolute atomic E-state index is 0.169. The number of nitrogens with zero attached hydrogens (tertiary/aromatic N) is 2. The molecule has 0 aromatic heterocycles. The number of hydrogen-bond acceptors (Lipinski definition) is 3. The molecular weight excluding hydrogens is 274 g/mol. The minimum Gasteiger partial charge on any atom is -0.317 e. The van der Waals surface area contributed by atoms with Gasteiger partial charge in [-0.15, -0.1) is 0 Å². The van der Waals surface area contributed by atoms with E-state index in [2.05, 4.69) is 5.32 Å². The Bertz CT molecular complexity index is 541. The molecule has 20 heavy (non-hydrogen) atoms. The lowest BCUT2D eigenvalue weighted by molar-refractivity contribution is 0.280. The molecule has 3 rings (SSSR count). The average Bonchev–Trinajstić information content (AvgIpc) is 2.76. The minimum atomic E-state index is -3.29. The molecule has 2 aliphatic rings. The average molecular weight is 295 g/mol. The first-order valence-electron chi connectivity index (χ1n) is 7.19. The molecule has 0 bridgehead atoms. The van der Waals surface area contributed by atoms with Gasteiger partial charge in [0.05, 0.1) is 0 Å². The van der Waals surface area contributed by atoms with Crippen molar-refractivity contribution in [1.82, 2.24) is 13.9 Å². The van der Waals surface area contributed by atoms with Crippen LogP contribution in [0.1, 0.15) is 18.4 Å². The van der Waals surface area contributed by atoms with Crippen LogP contribution in [0.5, 0.6) is 0 Å². The van der Waals surface area contributed by atoms with Gasteiger partial charge in [0.1, 0.15) is 0 Å². The van der Waals surface area contributed by atoms with Crippen LogP contribution >= 0.6 is 0 Å². The molecule has 0 amide bonds. The van der Waals surface area contributed by atoms with E-state index in [0.29, 0.717) is 19.6 Å². The molecule has 5 nitrogen and oxygen atoms in total. The third kappa shape index (κ3) is 2.74. The lowest BCUT2D eigenvalue weighted by Gasteiger charge is -2.30. The zero-order valence-electron chi connectivity index (χ0n) is 11.5. The van der Waals surface area contributed by atoms with E-state index >= 15 is 0 Å². The highest BCUT2D eigenvalue weighted by Gasteiger charge is 2.40. The summed E-state index contributed by atoms with van der Waals surface area (Å²) in [5, 5.41) is 3.28. The summed E-state index contributed by atoms with van der Waals surface area (Å²) in [6.07, 6.45) is 1.83. The number of nitrogens with one attached hydrogen (secondary N) is 1. The third-order valence-corrected chi connectivity index (χ3v) is 6.15. The van der Waals surface area contributed by atoms with Crippen molar-refractivity contribution in [3.8, 4) is 0 Å². The third-order valence-electron chi connectivity index (χ3n) is 4.11. The smallest absolute Gasteiger partial charge is 0.282 e. The van der Waals surface area contributed by atoms with Crippen molar-refractivity contribution in [2.45, 2.75) is 25.4 Å². The van der Waals surface area contributed by atoms with Crippen molar-refractivity contribution in [2.75, 3.05) is 26.2 Å². The van der Waals surface area contributed by atoms with Gasteiger partial charge in [-0.25, -0.2) is 0 Å². The Morgan fingerprint density at radius 1 is 1.10 bits per heavy atom. The summed E-state index contributed by atoms with van der Waals surface area (Å²) >= 11 is 0. The fourth-order valence-corrected chi connectivity index (χ4v) is 4.82. The second-order valence-corrected chi connectivity index (χ2v) is 7.30. The lowest BCUT2D eigenvalue weighted by atomic mass is 10.1. The number of piperidine rings is 1. The molecule has 2 saturated heterocycles. The van der Waals surface area contributed by atoms with E-state index in [4.69, 9.17) is 0 Å². The van der Waals surface area contributed by atoms with Crippen LogP contribution < -0.4 is 5.32 Å². The normalized spacial score (nSPS) is 25.0. The molecule has 0 atom stereocenters. The van der Waals surface area contributed by atoms with E-state index < -0.39 is 10.2 Å². The van der Waals surface area contributed by atoms with Gasteiger partial charge in [-0.3, -0.25) is 0 Å². The van der Waals surface area contributed by atoms with Crippen molar-refractivity contribution in [3.05, 3.63) is 35.9 Å². The van der Waals surface area contributed by atoms with Crippen LogP contribution in [-0.4, -0.2) is 49.2 Å². The highest BCUT2D eigenvalue weighted by atomic mass is 32.2. The fourth-order valence-electron chi connectivity index (χ4n) is 3.00. The van der Waals surface area contributed by atoms with Crippen LogP contribution in [0.25, 0.3) is 0 Å². The lowest BCUT2D eigenvalue weighted by Crippen LogP contribution is -2.45. The quantitative estimate of drug-likeness (QED) is 0.897. The van der Waals surface area contributed by atoms with E-state index in [1.165, 1.54) is 0 Å². The summed E-state index contributed by atoms with van der Waals surface area (Å²) in [6.45, 7) is 3.52. The predicted octanol–water partition coefficient (Wildman–Crippen LogP) is 0.801. The Morgan fingerprint density at radius 2 is 1.80 bits per heavy atom. The zero-order valence-corrected chi connectivity index (χ0v) is 12.3. The van der Waals surface area contributed by atoms with Gasteiger partial charge in [0, 0.05) is 25.7 Å². The maximum absolute atomic E-state index is 12.6. The Kier molecular flexibility index (Phi) is 4.07. The summed E-state index contributed by atoms with van der Waals surface area (Å²) in [5.41, 5.74) is 1.04. The molecule has 0 radical (unpaired) electrons. The first-order valence-corrected chi connectivity index (χ1v) is 8.59. The summed E-state index contributed by atoms with van der Waals surface area (Å²) in [4.78, 5) is 0. The molecule has 2 fully saturated rings. The Labute approximate surface area is 120 Å². The van der Waals surface area contributed by atoms with Crippen LogP contribution in [0.2, 0.25) is 0 Å². The van der Waals surface area contributed by atoms with Gasteiger partial charge in [0.15, 0.2) is 0 Å². The molecule has 1 aromatic carbocycles. The predicted molar refractivity (Wildman–Crippen MR) is 78.4 cm³/mol. The second kappa shape index (κ2) is 5.81. The Morgan fingerprint density at radius 3 is 2.50 bits per heavy atom. The highest BCUT2D eigenvalue weighted by molar-refractivity contribution is 7.87. The molecule has 2 aliphatic heterocycles. The molecule has 1 N–H and O–H groups in total. The topological polar surface area (TPSA) is 52.7 Å². The van der Waals surface area contributed by atoms with Crippen LogP contribution in [0.4, 0.5) is 0 Å². The molecule has 1 aromatic rings. The van der Waals surface area contributed by atoms with Crippen LogP contribution in [0.15, 0.2) is 30.3 Å². The molecular formula is C14H21N3O2S. The maximum Gasteiger partial charge on any atom is 0.282 e. The van der Waals surface area contributed by atoms with E-state index in [0.717, 1.165) is 31.5 Å². The fraction of sp³-hybridized carbons (Fsp3) is 0.571. The number of rotatable bonds is 3. The standard InChI is InChI=1S/C14H21N3O2S/c18-20(19)16(12-13-4-2-1-3-5-13)10-11-17(20)14-6-8-15-9-7-14/h1-5,14-15H,6-12H2. The molecule has 0 spiro atoms. The Hall–Kier alpha value is -0.950. The summed E-state index contributed by atoms with van der Waals surface area (Å²) in [7, 11) is -3.29. The Balaban J connectivity index is 1.72. The summed E-state index contributed by atoms with van der Waals surface area (Å²) in [6, 6.07) is 9.96. The first-order chi connectivity index (χ1) is 9.68. The van der Waals surface area contributed by atoms with Crippen molar-refractivity contribution in [2.24, 2.45) is 0 Å². The van der Waals surface area contributed by atoms with Gasteiger partial charge < -0.3 is 5.32 Å². The molecule has 0 unspecified atom stereocenters. The molecule has 0 aliphatic carbocycles. The highest BCUT2D eigenvalue weighted by Crippen LogP contribution is 2.25. The van der Waals surface area contributed by atoms with Crippen molar-refractivity contribution >= 4 is 10.2 Å². The van der Waals surface area contributed by atoms with Crippen LogP contribution in [0, 0.1) is 0 Å². The summed E-state index contributed by atoms with van der Waals surface area (Å²) in [5.74, 6) is 0. The van der Waals surface area contributed by atoms with Crippen LogP contribution in [0.3, 0.4) is 0 Å². The van der Waals surface area contributed by atoms with Crippen molar-refractivity contribution in [1.29, 1.82) is 0 Å². The molecule has 2 heterocycles. The van der Waals surface area contributed by atoms with Crippen molar-refractivity contribution < 1.29 is 8.42 Å². The van der Waals surface area contributed by atoms with Gasteiger partial charge in [0.2, 0.25) is 0 Å². The SMILES string of the molecule is O=S1(=O)N(Cc2ccccc2)CCN1C1CCNCC1. The number of benzene rings is 1.